The quantitative estimate of drug-likeness (QED) is 0.448. The Morgan fingerprint density at radius 1 is 1.47 bits per heavy atom. The van der Waals surface area contributed by atoms with Crippen molar-refractivity contribution in [3.8, 4) is 0 Å². The maximum absolute atomic E-state index is 11.3. The molecule has 0 aliphatic rings. The smallest absolute Gasteiger partial charge is 0.324 e. The van der Waals surface area contributed by atoms with Gasteiger partial charge in [-0.2, -0.15) is 0 Å². The summed E-state index contributed by atoms with van der Waals surface area (Å²) in [5.41, 5.74) is 0. The van der Waals surface area contributed by atoms with Gasteiger partial charge in [0.05, 0.1) is 7.11 Å². The largest absolute Gasteiger partial charge is 0.468 e. The molecule has 0 rings (SSSR count). The molecule has 0 saturated carbocycles. The third-order valence-electron chi connectivity index (χ3n) is 2.22. The van der Waals surface area contributed by atoms with Gasteiger partial charge in [-0.05, 0) is 20.5 Å². The van der Waals surface area contributed by atoms with Crippen LogP contribution in [0.5, 0.6) is 0 Å². The van der Waals surface area contributed by atoms with Crippen molar-refractivity contribution in [2.75, 3.05) is 48.0 Å². The fraction of sp³-hybridized carbons (Fsp3) is 0.900. The van der Waals surface area contributed by atoms with Crippen LogP contribution in [0.2, 0.25) is 0 Å². The number of likely N-dealkylation sites (N-methyl/N-ethyl adjacent to an activating group) is 2. The highest BCUT2D eigenvalue weighted by atomic mass is 16.5. The molecule has 1 unspecified atom stereocenters. The molecule has 1 N–H and O–H groups in total. The van der Waals surface area contributed by atoms with Gasteiger partial charge in [0, 0.05) is 26.8 Å². The normalized spacial score (nSPS) is 12.9. The highest BCUT2D eigenvalue weighted by molar-refractivity contribution is 5.75. The number of carbonyl (C=O) groups excluding carboxylic acids is 1. The minimum absolute atomic E-state index is 0.226. The van der Waals surface area contributed by atoms with E-state index in [0.717, 1.165) is 19.6 Å². The summed E-state index contributed by atoms with van der Waals surface area (Å²) in [5, 5.41) is 2.93. The van der Waals surface area contributed by atoms with E-state index in [0.29, 0.717) is 6.54 Å². The molecule has 0 aromatic carbocycles. The van der Waals surface area contributed by atoms with Crippen molar-refractivity contribution >= 4 is 5.97 Å². The maximum Gasteiger partial charge on any atom is 0.324 e. The van der Waals surface area contributed by atoms with Crippen molar-refractivity contribution in [2.24, 2.45) is 0 Å². The zero-order valence-corrected chi connectivity index (χ0v) is 10.1. The van der Waals surface area contributed by atoms with Crippen LogP contribution in [0.15, 0.2) is 0 Å². The summed E-state index contributed by atoms with van der Waals surface area (Å²) in [4.78, 5) is 13.4. The zero-order chi connectivity index (χ0) is 11.7. The first-order valence-electron chi connectivity index (χ1n) is 5.08. The predicted molar refractivity (Wildman–Crippen MR) is 58.9 cm³/mol. The van der Waals surface area contributed by atoms with Crippen LogP contribution in [0, 0.1) is 0 Å². The van der Waals surface area contributed by atoms with Crippen LogP contribution in [0.3, 0.4) is 0 Å². The number of ether oxygens (including phenoxy) is 2. The van der Waals surface area contributed by atoms with Crippen molar-refractivity contribution in [3.05, 3.63) is 0 Å². The molecule has 5 heteroatoms. The highest BCUT2D eigenvalue weighted by Crippen LogP contribution is 1.94. The van der Waals surface area contributed by atoms with E-state index in [1.54, 1.807) is 14.2 Å². The summed E-state index contributed by atoms with van der Waals surface area (Å²) >= 11 is 0. The Morgan fingerprint density at radius 2 is 2.13 bits per heavy atom. The van der Waals surface area contributed by atoms with E-state index in [4.69, 9.17) is 4.74 Å². The van der Waals surface area contributed by atoms with Crippen LogP contribution in [0.1, 0.15) is 6.42 Å². The molecule has 0 spiro atoms. The number of hydrogen-bond donors (Lipinski definition) is 1. The number of methoxy groups -OCH3 is 2. The summed E-state index contributed by atoms with van der Waals surface area (Å²) in [6.45, 7) is 2.29. The van der Waals surface area contributed by atoms with E-state index in [2.05, 4.69) is 15.0 Å². The van der Waals surface area contributed by atoms with Gasteiger partial charge in [0.25, 0.3) is 0 Å². The molecule has 15 heavy (non-hydrogen) atoms. The van der Waals surface area contributed by atoms with Crippen LogP contribution in [0.4, 0.5) is 0 Å². The van der Waals surface area contributed by atoms with E-state index < -0.39 is 0 Å². The van der Waals surface area contributed by atoms with Crippen LogP contribution in [-0.4, -0.2) is 64.9 Å². The Bertz CT molecular complexity index is 176. The highest BCUT2D eigenvalue weighted by Gasteiger charge is 2.18. The van der Waals surface area contributed by atoms with Crippen molar-refractivity contribution < 1.29 is 14.3 Å². The molecule has 0 heterocycles. The molecule has 90 valence electrons. The minimum Gasteiger partial charge on any atom is -0.468 e. The topological polar surface area (TPSA) is 50.8 Å². The Labute approximate surface area is 91.7 Å². The summed E-state index contributed by atoms with van der Waals surface area (Å²) in [5.74, 6) is -0.226. The lowest BCUT2D eigenvalue weighted by molar-refractivity contribution is -0.143. The summed E-state index contributed by atoms with van der Waals surface area (Å²) in [6.07, 6.45) is 0.963. The van der Waals surface area contributed by atoms with Crippen molar-refractivity contribution in [1.29, 1.82) is 0 Å². The van der Waals surface area contributed by atoms with E-state index in [9.17, 15) is 4.79 Å². The van der Waals surface area contributed by atoms with Gasteiger partial charge in [0.1, 0.15) is 6.04 Å². The Kier molecular flexibility index (Phi) is 8.27. The van der Waals surface area contributed by atoms with Gasteiger partial charge in [-0.3, -0.25) is 4.79 Å². The first-order valence-corrected chi connectivity index (χ1v) is 5.08. The second-order valence-electron chi connectivity index (χ2n) is 3.47. The summed E-state index contributed by atoms with van der Waals surface area (Å²) < 4.78 is 9.64. The van der Waals surface area contributed by atoms with Gasteiger partial charge in [0.15, 0.2) is 0 Å². The third-order valence-corrected chi connectivity index (χ3v) is 2.22. The Balaban J connectivity index is 3.80. The molecule has 0 amide bonds. The lowest BCUT2D eigenvalue weighted by atomic mass is 10.2. The van der Waals surface area contributed by atoms with Gasteiger partial charge < -0.3 is 19.7 Å². The molecule has 0 aliphatic carbocycles. The maximum atomic E-state index is 11.3. The van der Waals surface area contributed by atoms with E-state index in [1.165, 1.54) is 7.11 Å². The average Bonchev–Trinajstić information content (AvgIpc) is 2.25. The third kappa shape index (κ3) is 6.43. The first kappa shape index (κ1) is 14.3. The second-order valence-corrected chi connectivity index (χ2v) is 3.47. The number of nitrogens with one attached hydrogen (secondary N) is 1. The molecular weight excluding hydrogens is 196 g/mol. The van der Waals surface area contributed by atoms with Gasteiger partial charge in [-0.15, -0.1) is 0 Å². The van der Waals surface area contributed by atoms with Crippen molar-refractivity contribution in [2.45, 2.75) is 12.5 Å². The Morgan fingerprint density at radius 3 is 2.60 bits per heavy atom. The summed E-state index contributed by atoms with van der Waals surface area (Å²) in [7, 11) is 6.82. The van der Waals surface area contributed by atoms with Gasteiger partial charge >= 0.3 is 5.97 Å². The number of rotatable bonds is 8. The zero-order valence-electron chi connectivity index (χ0n) is 10.1. The fourth-order valence-electron chi connectivity index (χ4n) is 1.31. The van der Waals surface area contributed by atoms with Crippen LogP contribution in [0.25, 0.3) is 0 Å². The lowest BCUT2D eigenvalue weighted by Gasteiger charge is -2.21. The van der Waals surface area contributed by atoms with Crippen molar-refractivity contribution in [1.82, 2.24) is 10.2 Å². The Hall–Kier alpha value is -0.650. The van der Waals surface area contributed by atoms with Crippen molar-refractivity contribution in [3.63, 3.8) is 0 Å². The molecular formula is C10H22N2O3. The van der Waals surface area contributed by atoms with E-state index >= 15 is 0 Å². The lowest BCUT2D eigenvalue weighted by Crippen LogP contribution is -2.44. The number of carbonyl (C=O) groups is 1. The summed E-state index contributed by atoms with van der Waals surface area (Å²) in [6, 6.07) is -0.262. The molecule has 0 aliphatic heterocycles. The van der Waals surface area contributed by atoms with Crippen LogP contribution >= 0.6 is 0 Å². The molecule has 0 aromatic rings. The monoisotopic (exact) mass is 218 g/mol. The predicted octanol–water partition coefficient (Wildman–Crippen LogP) is -0.284. The number of hydrogen-bond acceptors (Lipinski definition) is 5. The van der Waals surface area contributed by atoms with Gasteiger partial charge in [-0.1, -0.05) is 0 Å². The molecule has 5 nitrogen and oxygen atoms in total. The van der Waals surface area contributed by atoms with E-state index in [-0.39, 0.29) is 12.0 Å². The second kappa shape index (κ2) is 8.64. The van der Waals surface area contributed by atoms with Crippen LogP contribution < -0.4 is 5.32 Å². The van der Waals surface area contributed by atoms with Gasteiger partial charge in [-0.25, -0.2) is 0 Å². The molecule has 0 saturated heterocycles. The molecule has 0 bridgehead atoms. The fourth-order valence-corrected chi connectivity index (χ4v) is 1.31. The molecule has 0 radical (unpaired) electrons. The molecule has 1 atom stereocenters. The first-order chi connectivity index (χ1) is 7.15. The number of esters is 1. The molecule has 0 aromatic heterocycles. The minimum atomic E-state index is -0.262. The molecule has 0 fully saturated rings. The number of nitrogens with zero attached hydrogens (tertiary/aromatic N) is 1. The average molecular weight is 218 g/mol. The van der Waals surface area contributed by atoms with E-state index in [1.807, 2.05) is 7.05 Å². The van der Waals surface area contributed by atoms with Crippen LogP contribution in [-0.2, 0) is 14.3 Å². The SMILES string of the molecule is CNC(CN(C)CCCOC)C(=O)OC. The van der Waals surface area contributed by atoms with Gasteiger partial charge in [0.2, 0.25) is 0 Å². The standard InChI is InChI=1S/C10H22N2O3/c1-11-9(10(13)15-4)8-12(2)6-5-7-14-3/h9,11H,5-8H2,1-4H3.